The number of aromatic nitrogens is 4. The van der Waals surface area contributed by atoms with Crippen LogP contribution in [-0.2, 0) is 0 Å². The van der Waals surface area contributed by atoms with Crippen LogP contribution in [0.2, 0.25) is 0 Å². The minimum atomic E-state index is 0.519. The number of hydrogen-bond donors (Lipinski definition) is 0. The molecule has 0 unspecified atom stereocenters. The van der Waals surface area contributed by atoms with Gasteiger partial charge in [-0.2, -0.15) is 9.61 Å². The van der Waals surface area contributed by atoms with Crippen molar-refractivity contribution in [1.29, 1.82) is 0 Å². The molecule has 8 nitrogen and oxygen atoms in total. The van der Waals surface area contributed by atoms with Crippen LogP contribution in [0.3, 0.4) is 0 Å². The van der Waals surface area contributed by atoms with Crippen molar-refractivity contribution in [3.8, 4) is 34.4 Å². The zero-order valence-electron chi connectivity index (χ0n) is 16.9. The molecule has 0 saturated heterocycles. The highest BCUT2D eigenvalue weighted by Crippen LogP contribution is 2.41. The molecule has 0 fully saturated rings. The first kappa shape index (κ1) is 19.7. The third-order valence-electron chi connectivity index (χ3n) is 4.46. The fourth-order valence-corrected chi connectivity index (χ4v) is 3.71. The molecule has 0 aliphatic heterocycles. The lowest BCUT2D eigenvalue weighted by Gasteiger charge is -2.13. The lowest BCUT2D eigenvalue weighted by molar-refractivity contribution is 0.324. The minimum absolute atomic E-state index is 0.519. The van der Waals surface area contributed by atoms with E-state index in [0.29, 0.717) is 28.0 Å². The Bertz CT molecular complexity index is 1170. The van der Waals surface area contributed by atoms with E-state index in [0.717, 1.165) is 21.9 Å². The Kier molecular flexibility index (Phi) is 5.53. The summed E-state index contributed by atoms with van der Waals surface area (Å²) < 4.78 is 23.2. The molecule has 30 heavy (non-hydrogen) atoms. The molecule has 2 aromatic carbocycles. The zero-order valence-corrected chi connectivity index (χ0v) is 17.8. The van der Waals surface area contributed by atoms with Gasteiger partial charge < -0.3 is 18.9 Å². The van der Waals surface area contributed by atoms with Gasteiger partial charge >= 0.3 is 0 Å². The van der Waals surface area contributed by atoms with Crippen molar-refractivity contribution >= 4 is 28.4 Å². The molecular weight excluding hydrogens is 404 g/mol. The molecule has 0 N–H and O–H groups in total. The molecule has 4 aromatic rings. The third kappa shape index (κ3) is 3.67. The number of fused-ring (bicyclic) bond motifs is 1. The lowest BCUT2D eigenvalue weighted by Crippen LogP contribution is -1.97. The highest BCUT2D eigenvalue weighted by molar-refractivity contribution is 7.17. The summed E-state index contributed by atoms with van der Waals surface area (Å²) in [5.74, 6) is 3.01. The van der Waals surface area contributed by atoms with Gasteiger partial charge in [-0.3, -0.25) is 0 Å². The largest absolute Gasteiger partial charge is 0.497 e. The standard InChI is InChI=1S/C21H20N4O4S/c1-26-15-8-5-13(6-9-15)7-10-18-24-25-20(22-23-21(25)30-18)14-11-16(27-2)19(29-4)17(12-14)28-3/h5-12H,1-4H3/b10-7+. The summed E-state index contributed by atoms with van der Waals surface area (Å²) in [7, 11) is 6.36. The maximum Gasteiger partial charge on any atom is 0.235 e. The number of methoxy groups -OCH3 is 4. The first-order chi connectivity index (χ1) is 14.7. The Labute approximate surface area is 177 Å². The Morgan fingerprint density at radius 2 is 1.53 bits per heavy atom. The van der Waals surface area contributed by atoms with E-state index in [4.69, 9.17) is 18.9 Å². The zero-order chi connectivity index (χ0) is 21.1. The van der Waals surface area contributed by atoms with Gasteiger partial charge in [0.2, 0.25) is 10.7 Å². The van der Waals surface area contributed by atoms with Crippen LogP contribution in [0.4, 0.5) is 0 Å². The van der Waals surface area contributed by atoms with E-state index >= 15 is 0 Å². The molecule has 0 atom stereocenters. The number of nitrogens with zero attached hydrogens (tertiary/aromatic N) is 4. The van der Waals surface area contributed by atoms with Crippen LogP contribution >= 0.6 is 11.3 Å². The van der Waals surface area contributed by atoms with Crippen molar-refractivity contribution in [2.45, 2.75) is 0 Å². The molecule has 0 spiro atoms. The van der Waals surface area contributed by atoms with Gasteiger partial charge in [-0.15, -0.1) is 10.2 Å². The molecule has 0 saturated carbocycles. The van der Waals surface area contributed by atoms with Gasteiger partial charge in [0, 0.05) is 5.56 Å². The second-order valence-electron chi connectivity index (χ2n) is 6.18. The number of benzene rings is 2. The van der Waals surface area contributed by atoms with Gasteiger partial charge in [0.05, 0.1) is 28.4 Å². The average molecular weight is 424 g/mol. The van der Waals surface area contributed by atoms with Gasteiger partial charge in [0.1, 0.15) is 10.8 Å². The van der Waals surface area contributed by atoms with E-state index in [9.17, 15) is 0 Å². The van der Waals surface area contributed by atoms with Crippen LogP contribution in [0.1, 0.15) is 10.6 Å². The topological polar surface area (TPSA) is 80.0 Å². The molecule has 0 aliphatic rings. The lowest BCUT2D eigenvalue weighted by atomic mass is 10.1. The van der Waals surface area contributed by atoms with Crippen molar-refractivity contribution in [2.24, 2.45) is 0 Å². The van der Waals surface area contributed by atoms with Gasteiger partial charge in [-0.05, 0) is 35.9 Å². The molecule has 154 valence electrons. The Hall–Kier alpha value is -3.59. The van der Waals surface area contributed by atoms with E-state index in [1.165, 1.54) is 11.3 Å². The van der Waals surface area contributed by atoms with E-state index < -0.39 is 0 Å². The molecule has 4 rings (SSSR count). The highest BCUT2D eigenvalue weighted by atomic mass is 32.1. The van der Waals surface area contributed by atoms with Crippen LogP contribution in [0, 0.1) is 0 Å². The van der Waals surface area contributed by atoms with Gasteiger partial charge in [0.25, 0.3) is 0 Å². The summed E-state index contributed by atoms with van der Waals surface area (Å²) in [4.78, 5) is 0.688. The quantitative estimate of drug-likeness (QED) is 0.443. The Morgan fingerprint density at radius 3 is 2.13 bits per heavy atom. The average Bonchev–Trinajstić information content (AvgIpc) is 3.37. The molecule has 9 heteroatoms. The van der Waals surface area contributed by atoms with Crippen LogP contribution in [0.25, 0.3) is 28.5 Å². The predicted molar refractivity (Wildman–Crippen MR) is 116 cm³/mol. The van der Waals surface area contributed by atoms with Crippen LogP contribution in [-0.4, -0.2) is 48.3 Å². The number of rotatable bonds is 7. The van der Waals surface area contributed by atoms with E-state index in [-0.39, 0.29) is 0 Å². The van der Waals surface area contributed by atoms with Gasteiger partial charge in [0.15, 0.2) is 17.3 Å². The Morgan fingerprint density at radius 1 is 0.833 bits per heavy atom. The first-order valence-electron chi connectivity index (χ1n) is 9.01. The fourth-order valence-electron chi connectivity index (χ4n) is 2.97. The Balaban J connectivity index is 1.68. The molecule has 2 aromatic heterocycles. The molecule has 0 aliphatic carbocycles. The number of ether oxygens (including phenoxy) is 4. The van der Waals surface area contributed by atoms with Crippen molar-refractivity contribution in [2.75, 3.05) is 28.4 Å². The molecular formula is C21H20N4O4S. The second-order valence-corrected chi connectivity index (χ2v) is 7.17. The predicted octanol–water partition coefficient (Wildman–Crippen LogP) is 4.06. The fraction of sp³-hybridized carbons (Fsp3) is 0.190. The molecule has 0 radical (unpaired) electrons. The van der Waals surface area contributed by atoms with Crippen LogP contribution in [0.15, 0.2) is 36.4 Å². The summed E-state index contributed by atoms with van der Waals surface area (Å²) in [5.41, 5.74) is 1.81. The molecule has 2 heterocycles. The smallest absolute Gasteiger partial charge is 0.235 e. The number of hydrogen-bond acceptors (Lipinski definition) is 8. The van der Waals surface area contributed by atoms with Gasteiger partial charge in [-0.25, -0.2) is 0 Å². The summed E-state index contributed by atoms with van der Waals surface area (Å²) in [6.45, 7) is 0. The second kappa shape index (κ2) is 8.42. The van der Waals surface area contributed by atoms with E-state index in [2.05, 4.69) is 15.3 Å². The maximum absolute atomic E-state index is 5.44. The van der Waals surface area contributed by atoms with Crippen LogP contribution in [0.5, 0.6) is 23.0 Å². The monoisotopic (exact) mass is 424 g/mol. The molecule has 0 bridgehead atoms. The van der Waals surface area contributed by atoms with Crippen molar-refractivity contribution < 1.29 is 18.9 Å². The summed E-state index contributed by atoms with van der Waals surface area (Å²) in [6.07, 6.45) is 3.93. The summed E-state index contributed by atoms with van der Waals surface area (Å²) in [5, 5.41) is 14.0. The minimum Gasteiger partial charge on any atom is -0.497 e. The molecule has 0 amide bonds. The maximum atomic E-state index is 5.44. The first-order valence-corrected chi connectivity index (χ1v) is 9.83. The van der Waals surface area contributed by atoms with Crippen molar-refractivity contribution in [3.63, 3.8) is 0 Å². The van der Waals surface area contributed by atoms with E-state index in [1.807, 2.05) is 48.6 Å². The van der Waals surface area contributed by atoms with Crippen LogP contribution < -0.4 is 18.9 Å². The SMILES string of the molecule is COc1ccc(/C=C/c2nn3c(-c4cc(OC)c(OC)c(OC)c4)nnc3s2)cc1. The van der Waals surface area contributed by atoms with E-state index in [1.54, 1.807) is 33.0 Å². The summed E-state index contributed by atoms with van der Waals surface area (Å²) in [6, 6.07) is 11.4. The van der Waals surface area contributed by atoms with Crippen molar-refractivity contribution in [1.82, 2.24) is 19.8 Å². The van der Waals surface area contributed by atoms with Gasteiger partial charge in [-0.1, -0.05) is 29.5 Å². The third-order valence-corrected chi connectivity index (χ3v) is 5.33. The summed E-state index contributed by atoms with van der Waals surface area (Å²) >= 11 is 1.45. The highest BCUT2D eigenvalue weighted by Gasteiger charge is 2.18. The van der Waals surface area contributed by atoms with Crippen molar-refractivity contribution in [3.05, 3.63) is 47.0 Å². The normalized spacial score (nSPS) is 11.2.